The Balaban J connectivity index is 0.000000360. The first-order valence-electron chi connectivity index (χ1n) is 9.29. The maximum Gasteiger partial charge on any atom is 0.490 e. The van der Waals surface area contributed by atoms with E-state index in [0.29, 0.717) is 37.3 Å². The van der Waals surface area contributed by atoms with E-state index in [-0.39, 0.29) is 5.91 Å². The molecule has 1 amide bonds. The molecule has 0 atom stereocenters. The maximum atomic E-state index is 12.7. The van der Waals surface area contributed by atoms with Gasteiger partial charge in [0.25, 0.3) is 5.91 Å². The third-order valence-corrected chi connectivity index (χ3v) is 4.62. The van der Waals surface area contributed by atoms with Crippen molar-refractivity contribution in [3.05, 3.63) is 71.6 Å². The average Bonchev–Trinajstić information content (AvgIpc) is 3.43. The van der Waals surface area contributed by atoms with Crippen LogP contribution in [0.4, 0.5) is 13.2 Å². The molecule has 0 spiro atoms. The lowest BCUT2D eigenvalue weighted by Crippen LogP contribution is -2.38. The zero-order valence-electron chi connectivity index (χ0n) is 16.5. The molecular formula is C20H17F3N6O3. The van der Waals surface area contributed by atoms with E-state index in [9.17, 15) is 18.0 Å². The van der Waals surface area contributed by atoms with Crippen LogP contribution in [-0.4, -0.2) is 53.9 Å². The fraction of sp³-hybridized carbons (Fsp3) is 0.250. The van der Waals surface area contributed by atoms with Crippen LogP contribution in [0.25, 0.3) is 0 Å². The standard InChI is InChI=1S/C18H16N6O.C2HF3O2/c19-10-14-2-4-15(5-3-14)18(25)22-8-9-24-16(11-20-17(24)13-22)12-23-7-1-6-21-23;3-2(4,5)1(6)7/h1-7,11H,8-9,12-13H2;(H,6,7). The van der Waals surface area contributed by atoms with E-state index in [0.717, 1.165) is 11.5 Å². The number of alkyl halides is 3. The van der Waals surface area contributed by atoms with Crippen molar-refractivity contribution >= 4 is 11.9 Å². The molecule has 3 aromatic rings. The Morgan fingerprint density at radius 1 is 1.19 bits per heavy atom. The number of aromatic nitrogens is 4. The van der Waals surface area contributed by atoms with E-state index in [1.54, 1.807) is 35.4 Å². The molecule has 4 rings (SSSR count). The van der Waals surface area contributed by atoms with Crippen LogP contribution in [-0.2, 0) is 24.4 Å². The Bertz CT molecular complexity index is 1130. The number of fused-ring (bicyclic) bond motifs is 1. The molecule has 0 aliphatic carbocycles. The highest BCUT2D eigenvalue weighted by Gasteiger charge is 2.38. The molecule has 12 heteroatoms. The number of hydrogen-bond acceptors (Lipinski definition) is 5. The number of carbonyl (C=O) groups is 2. The summed E-state index contributed by atoms with van der Waals surface area (Å²) < 4.78 is 35.8. The molecule has 0 fully saturated rings. The van der Waals surface area contributed by atoms with E-state index in [2.05, 4.69) is 20.7 Å². The Morgan fingerprint density at radius 2 is 1.88 bits per heavy atom. The first-order valence-corrected chi connectivity index (χ1v) is 9.29. The number of nitriles is 1. The second-order valence-corrected chi connectivity index (χ2v) is 6.74. The summed E-state index contributed by atoms with van der Waals surface area (Å²) in [7, 11) is 0. The second kappa shape index (κ2) is 9.34. The van der Waals surface area contributed by atoms with Gasteiger partial charge in [-0.25, -0.2) is 9.78 Å². The lowest BCUT2D eigenvalue weighted by atomic mass is 10.1. The molecule has 0 saturated carbocycles. The number of carbonyl (C=O) groups excluding carboxylic acids is 1. The van der Waals surface area contributed by atoms with Crippen molar-refractivity contribution < 1.29 is 27.9 Å². The fourth-order valence-corrected chi connectivity index (χ4v) is 3.05. The van der Waals surface area contributed by atoms with E-state index < -0.39 is 12.1 Å². The highest BCUT2D eigenvalue weighted by molar-refractivity contribution is 5.94. The predicted octanol–water partition coefficient (Wildman–Crippen LogP) is 2.29. The van der Waals surface area contributed by atoms with E-state index in [1.165, 1.54) is 0 Å². The number of benzene rings is 1. The Labute approximate surface area is 179 Å². The van der Waals surface area contributed by atoms with E-state index in [1.807, 2.05) is 23.1 Å². The third-order valence-electron chi connectivity index (χ3n) is 4.62. The Hall–Kier alpha value is -4.14. The van der Waals surface area contributed by atoms with Crippen molar-refractivity contribution in [3.8, 4) is 6.07 Å². The normalized spacial score (nSPS) is 12.9. The van der Waals surface area contributed by atoms with Gasteiger partial charge in [0.2, 0.25) is 0 Å². The summed E-state index contributed by atoms with van der Waals surface area (Å²) in [5, 5.41) is 20.2. The first-order chi connectivity index (χ1) is 15.2. The molecular weight excluding hydrogens is 429 g/mol. The number of amides is 1. The highest BCUT2D eigenvalue weighted by Crippen LogP contribution is 2.18. The van der Waals surface area contributed by atoms with Crippen molar-refractivity contribution in [2.75, 3.05) is 6.54 Å². The molecule has 0 unspecified atom stereocenters. The fourth-order valence-electron chi connectivity index (χ4n) is 3.05. The molecule has 0 bridgehead atoms. The number of hydrogen-bond donors (Lipinski definition) is 1. The van der Waals surface area contributed by atoms with Crippen molar-refractivity contribution in [1.29, 1.82) is 5.26 Å². The Morgan fingerprint density at radius 3 is 2.44 bits per heavy atom. The quantitative estimate of drug-likeness (QED) is 0.660. The molecule has 3 heterocycles. The van der Waals surface area contributed by atoms with Gasteiger partial charge in [0.05, 0.1) is 36.6 Å². The summed E-state index contributed by atoms with van der Waals surface area (Å²) in [5.41, 5.74) is 2.23. The molecule has 1 N–H and O–H groups in total. The van der Waals surface area contributed by atoms with Crippen molar-refractivity contribution in [2.24, 2.45) is 0 Å². The zero-order valence-corrected chi connectivity index (χ0v) is 16.5. The van der Waals surface area contributed by atoms with Gasteiger partial charge in [-0.05, 0) is 30.3 Å². The molecule has 0 saturated heterocycles. The van der Waals surface area contributed by atoms with Gasteiger partial charge in [0.1, 0.15) is 5.82 Å². The van der Waals surface area contributed by atoms with Crippen molar-refractivity contribution in [1.82, 2.24) is 24.2 Å². The molecule has 1 aromatic carbocycles. The van der Waals surface area contributed by atoms with Gasteiger partial charge < -0.3 is 14.6 Å². The minimum absolute atomic E-state index is 0.0348. The third kappa shape index (κ3) is 5.31. The van der Waals surface area contributed by atoms with Crippen LogP contribution in [0, 0.1) is 11.3 Å². The average molecular weight is 446 g/mol. The lowest BCUT2D eigenvalue weighted by molar-refractivity contribution is -0.192. The van der Waals surface area contributed by atoms with Gasteiger partial charge in [0, 0.05) is 31.0 Å². The molecule has 166 valence electrons. The molecule has 1 aliphatic heterocycles. The monoisotopic (exact) mass is 446 g/mol. The zero-order chi connectivity index (χ0) is 23.3. The predicted molar refractivity (Wildman–Crippen MR) is 103 cm³/mol. The molecule has 32 heavy (non-hydrogen) atoms. The molecule has 9 nitrogen and oxygen atoms in total. The number of imidazole rings is 1. The van der Waals surface area contributed by atoms with Gasteiger partial charge in [-0.3, -0.25) is 9.48 Å². The number of rotatable bonds is 3. The van der Waals surface area contributed by atoms with Crippen LogP contribution < -0.4 is 0 Å². The van der Waals surface area contributed by atoms with Gasteiger partial charge >= 0.3 is 12.1 Å². The number of carboxylic acids is 1. The summed E-state index contributed by atoms with van der Waals surface area (Å²) in [5.74, 6) is -1.91. The van der Waals surface area contributed by atoms with Crippen LogP contribution in [0.5, 0.6) is 0 Å². The smallest absolute Gasteiger partial charge is 0.475 e. The number of carboxylic acid groups (broad SMARTS) is 1. The van der Waals surface area contributed by atoms with Crippen LogP contribution in [0.1, 0.15) is 27.4 Å². The van der Waals surface area contributed by atoms with Crippen molar-refractivity contribution in [3.63, 3.8) is 0 Å². The minimum Gasteiger partial charge on any atom is -0.475 e. The Kier molecular flexibility index (Phi) is 6.58. The molecule has 2 aromatic heterocycles. The molecule has 0 radical (unpaired) electrons. The van der Waals surface area contributed by atoms with Gasteiger partial charge in [0.15, 0.2) is 0 Å². The van der Waals surface area contributed by atoms with Crippen LogP contribution in [0.2, 0.25) is 0 Å². The minimum atomic E-state index is -5.08. The summed E-state index contributed by atoms with van der Waals surface area (Å²) in [4.78, 5) is 27.8. The first kappa shape index (κ1) is 22.5. The van der Waals surface area contributed by atoms with E-state index >= 15 is 0 Å². The summed E-state index contributed by atoms with van der Waals surface area (Å²) in [6.45, 7) is 2.50. The number of aliphatic carboxylic acids is 1. The summed E-state index contributed by atoms with van der Waals surface area (Å²) >= 11 is 0. The molecule has 1 aliphatic rings. The van der Waals surface area contributed by atoms with Crippen molar-refractivity contribution in [2.45, 2.75) is 25.8 Å². The van der Waals surface area contributed by atoms with Gasteiger partial charge in [-0.1, -0.05) is 0 Å². The summed E-state index contributed by atoms with van der Waals surface area (Å²) in [6.07, 6.45) is 0.446. The van der Waals surface area contributed by atoms with Gasteiger partial charge in [-0.2, -0.15) is 23.5 Å². The van der Waals surface area contributed by atoms with Crippen LogP contribution in [0.15, 0.2) is 48.9 Å². The SMILES string of the molecule is N#Cc1ccc(C(=O)N2CCn3c(Cn4cccn4)cnc3C2)cc1.O=C(O)C(F)(F)F. The van der Waals surface area contributed by atoms with Gasteiger partial charge in [-0.15, -0.1) is 0 Å². The summed E-state index contributed by atoms with van der Waals surface area (Å²) in [6, 6.07) is 10.7. The highest BCUT2D eigenvalue weighted by atomic mass is 19.4. The topological polar surface area (TPSA) is 117 Å². The maximum absolute atomic E-state index is 12.7. The van der Waals surface area contributed by atoms with Crippen LogP contribution in [0.3, 0.4) is 0 Å². The number of nitrogens with zero attached hydrogens (tertiary/aromatic N) is 6. The number of halogens is 3. The van der Waals surface area contributed by atoms with Crippen LogP contribution >= 0.6 is 0 Å². The largest absolute Gasteiger partial charge is 0.490 e. The van der Waals surface area contributed by atoms with E-state index in [4.69, 9.17) is 15.2 Å². The second-order valence-electron chi connectivity index (χ2n) is 6.74. The lowest BCUT2D eigenvalue weighted by Gasteiger charge is -2.28.